The van der Waals surface area contributed by atoms with E-state index in [1.807, 2.05) is 6.92 Å². The van der Waals surface area contributed by atoms with Crippen molar-refractivity contribution in [3.63, 3.8) is 0 Å². The maximum atomic E-state index is 13.4. The fourth-order valence-corrected chi connectivity index (χ4v) is 1.88. The predicted molar refractivity (Wildman–Crippen MR) is 68.2 cm³/mol. The van der Waals surface area contributed by atoms with Crippen molar-refractivity contribution in [1.82, 2.24) is 0 Å². The Labute approximate surface area is 106 Å². The fourth-order valence-electron chi connectivity index (χ4n) is 1.88. The molecule has 0 amide bonds. The maximum Gasteiger partial charge on any atom is 0.152 e. The highest BCUT2D eigenvalue weighted by Crippen LogP contribution is 2.22. The van der Waals surface area contributed by atoms with Crippen LogP contribution in [0, 0.1) is 17.5 Å². The molecule has 0 spiro atoms. The third-order valence-electron chi connectivity index (χ3n) is 2.89. The molecule has 1 rings (SSSR count). The van der Waals surface area contributed by atoms with E-state index in [-0.39, 0.29) is 11.7 Å². The van der Waals surface area contributed by atoms with Crippen molar-refractivity contribution < 1.29 is 13.2 Å². The second-order valence-corrected chi connectivity index (χ2v) is 4.64. The first kappa shape index (κ1) is 14.9. The summed E-state index contributed by atoms with van der Waals surface area (Å²) in [6, 6.07) is 1.35. The molecular formula is C14H20F3N. The molecule has 1 unspecified atom stereocenters. The van der Waals surface area contributed by atoms with Gasteiger partial charge in [-0.25, -0.2) is 13.2 Å². The topological polar surface area (TPSA) is 12.0 Å². The fraction of sp³-hybridized carbons (Fsp3) is 0.571. The van der Waals surface area contributed by atoms with Crippen LogP contribution in [0.5, 0.6) is 0 Å². The lowest BCUT2D eigenvalue weighted by Gasteiger charge is -2.16. The Morgan fingerprint density at radius 1 is 1.06 bits per heavy atom. The standard InChI is InChI=1S/C14H20F3N/c1-3-4-5-6-7-10(2)18-14-12(16)8-11(15)9-13(14)17/h8-10,18H,3-7H2,1-2H3. The minimum atomic E-state index is -0.897. The number of halogens is 3. The van der Waals surface area contributed by atoms with Crippen LogP contribution in [-0.4, -0.2) is 6.04 Å². The van der Waals surface area contributed by atoms with Gasteiger partial charge in [0.1, 0.15) is 11.5 Å². The highest BCUT2D eigenvalue weighted by Gasteiger charge is 2.13. The Balaban J connectivity index is 2.51. The van der Waals surface area contributed by atoms with Crippen LogP contribution in [0.1, 0.15) is 46.0 Å². The summed E-state index contributed by atoms with van der Waals surface area (Å²) in [5, 5.41) is 2.77. The summed E-state index contributed by atoms with van der Waals surface area (Å²) in [7, 11) is 0. The summed E-state index contributed by atoms with van der Waals surface area (Å²) < 4.78 is 39.5. The van der Waals surface area contributed by atoms with Gasteiger partial charge in [-0.15, -0.1) is 0 Å². The molecule has 0 aromatic heterocycles. The number of unbranched alkanes of at least 4 members (excludes halogenated alkanes) is 3. The minimum absolute atomic E-state index is 0.0312. The van der Waals surface area contributed by atoms with Crippen LogP contribution in [0.3, 0.4) is 0 Å². The van der Waals surface area contributed by atoms with E-state index in [9.17, 15) is 13.2 Å². The number of rotatable bonds is 7. The largest absolute Gasteiger partial charge is 0.378 e. The van der Waals surface area contributed by atoms with Crippen molar-refractivity contribution in [2.24, 2.45) is 0 Å². The third kappa shape index (κ3) is 4.59. The van der Waals surface area contributed by atoms with Gasteiger partial charge < -0.3 is 5.32 Å². The van der Waals surface area contributed by atoms with E-state index < -0.39 is 17.5 Å². The van der Waals surface area contributed by atoms with Gasteiger partial charge in [0.2, 0.25) is 0 Å². The van der Waals surface area contributed by atoms with E-state index in [1.54, 1.807) is 0 Å². The van der Waals surface area contributed by atoms with Crippen LogP contribution in [0.4, 0.5) is 18.9 Å². The van der Waals surface area contributed by atoms with Crippen molar-refractivity contribution in [2.45, 2.75) is 52.0 Å². The van der Waals surface area contributed by atoms with Gasteiger partial charge in [0.15, 0.2) is 11.6 Å². The van der Waals surface area contributed by atoms with E-state index in [0.29, 0.717) is 12.1 Å². The zero-order valence-electron chi connectivity index (χ0n) is 10.9. The molecule has 1 N–H and O–H groups in total. The van der Waals surface area contributed by atoms with Gasteiger partial charge >= 0.3 is 0 Å². The van der Waals surface area contributed by atoms with Crippen LogP contribution in [0.25, 0.3) is 0 Å². The Morgan fingerprint density at radius 3 is 2.22 bits per heavy atom. The molecule has 0 aliphatic rings. The summed E-state index contributed by atoms with van der Waals surface area (Å²) in [4.78, 5) is 0. The summed E-state index contributed by atoms with van der Waals surface area (Å²) >= 11 is 0. The lowest BCUT2D eigenvalue weighted by atomic mass is 10.1. The maximum absolute atomic E-state index is 13.4. The number of hydrogen-bond donors (Lipinski definition) is 1. The van der Waals surface area contributed by atoms with Crippen LogP contribution in [0.2, 0.25) is 0 Å². The minimum Gasteiger partial charge on any atom is -0.378 e. The zero-order chi connectivity index (χ0) is 13.5. The lowest BCUT2D eigenvalue weighted by Crippen LogP contribution is -2.17. The lowest BCUT2D eigenvalue weighted by molar-refractivity contribution is 0.538. The molecular weight excluding hydrogens is 239 g/mol. The molecule has 1 aromatic rings. The zero-order valence-corrected chi connectivity index (χ0v) is 10.9. The van der Waals surface area contributed by atoms with Gasteiger partial charge in [-0.05, 0) is 13.3 Å². The second kappa shape index (κ2) is 7.29. The smallest absolute Gasteiger partial charge is 0.152 e. The Kier molecular flexibility index (Phi) is 6.02. The van der Waals surface area contributed by atoms with Gasteiger partial charge in [-0.3, -0.25) is 0 Å². The summed E-state index contributed by atoms with van der Waals surface area (Å²) in [5.74, 6) is -2.66. The Morgan fingerprint density at radius 2 is 1.67 bits per heavy atom. The first-order valence-corrected chi connectivity index (χ1v) is 6.45. The number of benzene rings is 1. The number of hydrogen-bond acceptors (Lipinski definition) is 1. The highest BCUT2D eigenvalue weighted by molar-refractivity contribution is 5.47. The van der Waals surface area contributed by atoms with Gasteiger partial charge in [0.05, 0.1) is 0 Å². The quantitative estimate of drug-likeness (QED) is 0.688. The van der Waals surface area contributed by atoms with Crippen LogP contribution < -0.4 is 5.32 Å². The number of nitrogens with one attached hydrogen (secondary N) is 1. The average molecular weight is 259 g/mol. The summed E-state index contributed by atoms with van der Waals surface area (Å²) in [6.45, 7) is 4.00. The van der Waals surface area contributed by atoms with Crippen LogP contribution in [-0.2, 0) is 0 Å². The number of anilines is 1. The van der Waals surface area contributed by atoms with E-state index in [0.717, 1.165) is 25.7 Å². The van der Waals surface area contributed by atoms with Gasteiger partial charge in [-0.2, -0.15) is 0 Å². The van der Waals surface area contributed by atoms with Crippen LogP contribution >= 0.6 is 0 Å². The average Bonchev–Trinajstić information content (AvgIpc) is 2.29. The monoisotopic (exact) mass is 259 g/mol. The molecule has 1 aromatic carbocycles. The SMILES string of the molecule is CCCCCCC(C)Nc1c(F)cc(F)cc1F. The van der Waals surface area contributed by atoms with Gasteiger partial charge in [0, 0.05) is 18.2 Å². The van der Waals surface area contributed by atoms with Gasteiger partial charge in [0.25, 0.3) is 0 Å². The molecule has 0 saturated carbocycles. The van der Waals surface area contributed by atoms with Crippen molar-refractivity contribution >= 4 is 5.69 Å². The predicted octanol–water partition coefficient (Wildman–Crippen LogP) is 4.87. The normalized spacial score (nSPS) is 12.5. The molecule has 18 heavy (non-hydrogen) atoms. The highest BCUT2D eigenvalue weighted by atomic mass is 19.1. The van der Waals surface area contributed by atoms with Gasteiger partial charge in [-0.1, -0.05) is 32.6 Å². The molecule has 0 heterocycles. The van der Waals surface area contributed by atoms with Crippen molar-refractivity contribution in [2.75, 3.05) is 5.32 Å². The second-order valence-electron chi connectivity index (χ2n) is 4.64. The first-order chi connectivity index (χ1) is 8.54. The molecule has 0 fully saturated rings. The molecule has 0 bridgehead atoms. The molecule has 4 heteroatoms. The Hall–Kier alpha value is -1.19. The van der Waals surface area contributed by atoms with Crippen LogP contribution in [0.15, 0.2) is 12.1 Å². The summed E-state index contributed by atoms with van der Waals surface area (Å²) in [5.41, 5.74) is -0.237. The van der Waals surface area contributed by atoms with Crippen molar-refractivity contribution in [3.05, 3.63) is 29.6 Å². The Bertz CT molecular complexity index is 356. The van der Waals surface area contributed by atoms with E-state index >= 15 is 0 Å². The molecule has 0 aliphatic heterocycles. The first-order valence-electron chi connectivity index (χ1n) is 6.45. The third-order valence-corrected chi connectivity index (χ3v) is 2.89. The molecule has 0 saturated heterocycles. The molecule has 102 valence electrons. The van der Waals surface area contributed by atoms with E-state index in [2.05, 4.69) is 12.2 Å². The molecule has 1 atom stereocenters. The van der Waals surface area contributed by atoms with E-state index in [1.165, 1.54) is 6.42 Å². The van der Waals surface area contributed by atoms with Crippen molar-refractivity contribution in [1.29, 1.82) is 0 Å². The van der Waals surface area contributed by atoms with Crippen molar-refractivity contribution in [3.8, 4) is 0 Å². The molecule has 0 aliphatic carbocycles. The molecule has 1 nitrogen and oxygen atoms in total. The van der Waals surface area contributed by atoms with E-state index in [4.69, 9.17) is 0 Å². The summed E-state index contributed by atoms with van der Waals surface area (Å²) in [6.07, 6.45) is 5.31. The molecule has 0 radical (unpaired) electrons.